The predicted molar refractivity (Wildman–Crippen MR) is 105 cm³/mol. The molecule has 4 amide bonds. The first-order valence-electron chi connectivity index (χ1n) is 8.40. The van der Waals surface area contributed by atoms with E-state index >= 15 is 0 Å². The van der Waals surface area contributed by atoms with Crippen LogP contribution in [-0.4, -0.2) is 29.4 Å². The van der Waals surface area contributed by atoms with Crippen LogP contribution >= 0.6 is 11.6 Å². The van der Waals surface area contributed by atoms with Crippen molar-refractivity contribution in [3.05, 3.63) is 68.7 Å². The zero-order valence-electron chi connectivity index (χ0n) is 15.0. The highest BCUT2D eigenvalue weighted by atomic mass is 35.5. The molecule has 0 spiro atoms. The lowest BCUT2D eigenvalue weighted by molar-refractivity contribution is -0.384. The van der Waals surface area contributed by atoms with Crippen LogP contribution < -0.4 is 15.0 Å². The zero-order chi connectivity index (χ0) is 21.1. The first-order chi connectivity index (χ1) is 13.8. The maximum Gasteiger partial charge on any atom is 0.335 e. The number of rotatable bonds is 5. The minimum atomic E-state index is -0.948. The van der Waals surface area contributed by atoms with Crippen molar-refractivity contribution in [2.24, 2.45) is 0 Å². The Morgan fingerprint density at radius 2 is 1.86 bits per heavy atom. The van der Waals surface area contributed by atoms with E-state index in [2.05, 4.69) is 5.32 Å². The number of ether oxygens (including phenoxy) is 1. The molecule has 1 aliphatic heterocycles. The predicted octanol–water partition coefficient (Wildman–Crippen LogP) is 3.31. The van der Waals surface area contributed by atoms with Gasteiger partial charge in [-0.3, -0.25) is 25.0 Å². The quantitative estimate of drug-likeness (QED) is 0.346. The topological polar surface area (TPSA) is 119 Å². The molecule has 1 aliphatic rings. The van der Waals surface area contributed by atoms with Gasteiger partial charge in [-0.05, 0) is 42.8 Å². The smallest absolute Gasteiger partial charge is 0.335 e. The number of nitro benzene ring substituents is 1. The fraction of sp³-hybridized carbons (Fsp3) is 0.105. The fourth-order valence-electron chi connectivity index (χ4n) is 2.66. The number of hydrogen-bond acceptors (Lipinski definition) is 6. The lowest BCUT2D eigenvalue weighted by atomic mass is 10.1. The number of carbonyl (C=O) groups is 3. The molecule has 1 fully saturated rings. The van der Waals surface area contributed by atoms with Crippen LogP contribution in [0.25, 0.3) is 6.08 Å². The van der Waals surface area contributed by atoms with Crippen LogP contribution in [0.2, 0.25) is 5.02 Å². The second-order valence-corrected chi connectivity index (χ2v) is 6.26. The van der Waals surface area contributed by atoms with Crippen LogP contribution in [0.5, 0.6) is 5.75 Å². The van der Waals surface area contributed by atoms with Gasteiger partial charge in [-0.25, -0.2) is 9.69 Å². The van der Waals surface area contributed by atoms with Crippen LogP contribution in [0.4, 0.5) is 16.2 Å². The average Bonchev–Trinajstić information content (AvgIpc) is 2.67. The Labute approximate surface area is 169 Å². The SMILES string of the molecule is CCOc1ccc(/C=C2\C(=O)NC(=O)N(c3ccc([N+](=O)[O-])cc3)C2=O)cc1Cl. The van der Waals surface area contributed by atoms with Crippen molar-refractivity contribution < 1.29 is 24.0 Å². The van der Waals surface area contributed by atoms with Gasteiger partial charge in [0.2, 0.25) is 0 Å². The van der Waals surface area contributed by atoms with E-state index in [1.807, 2.05) is 0 Å². The van der Waals surface area contributed by atoms with Crippen molar-refractivity contribution in [3.63, 3.8) is 0 Å². The number of non-ortho nitro benzene ring substituents is 1. The number of nitrogens with zero attached hydrogens (tertiary/aromatic N) is 2. The molecular formula is C19H14ClN3O6. The standard InChI is InChI=1S/C19H14ClN3O6/c1-2-29-16-8-3-11(10-15(16)20)9-14-17(24)21-19(26)22(18(14)25)12-4-6-13(7-5-12)23(27)28/h3-10H,2H2,1H3,(H,21,24,26)/b14-9+. The van der Waals surface area contributed by atoms with Gasteiger partial charge >= 0.3 is 6.03 Å². The van der Waals surface area contributed by atoms with Gasteiger partial charge in [0.15, 0.2) is 0 Å². The number of hydrogen-bond donors (Lipinski definition) is 1. The lowest BCUT2D eigenvalue weighted by Gasteiger charge is -2.26. The van der Waals surface area contributed by atoms with Crippen LogP contribution in [0.3, 0.4) is 0 Å². The van der Waals surface area contributed by atoms with Gasteiger partial charge in [0, 0.05) is 12.1 Å². The van der Waals surface area contributed by atoms with E-state index in [1.165, 1.54) is 24.3 Å². The van der Waals surface area contributed by atoms with E-state index in [-0.39, 0.29) is 16.9 Å². The summed E-state index contributed by atoms with van der Waals surface area (Å²) in [6, 6.07) is 8.58. The van der Waals surface area contributed by atoms with Crippen molar-refractivity contribution in [2.75, 3.05) is 11.5 Å². The average molecular weight is 416 g/mol. The molecule has 2 aromatic carbocycles. The van der Waals surface area contributed by atoms with Crippen LogP contribution in [-0.2, 0) is 9.59 Å². The third kappa shape index (κ3) is 4.09. The normalized spacial score (nSPS) is 15.4. The first kappa shape index (κ1) is 20.0. The fourth-order valence-corrected chi connectivity index (χ4v) is 2.91. The molecule has 1 N–H and O–H groups in total. The van der Waals surface area contributed by atoms with Crippen molar-refractivity contribution in [3.8, 4) is 5.75 Å². The second kappa shape index (κ2) is 8.11. The van der Waals surface area contributed by atoms with Crippen LogP contribution in [0, 0.1) is 10.1 Å². The second-order valence-electron chi connectivity index (χ2n) is 5.85. The molecule has 2 aromatic rings. The van der Waals surface area contributed by atoms with E-state index in [1.54, 1.807) is 19.1 Å². The number of urea groups is 1. The first-order valence-corrected chi connectivity index (χ1v) is 8.78. The number of amides is 4. The Balaban J connectivity index is 1.95. The molecule has 1 saturated heterocycles. The zero-order valence-corrected chi connectivity index (χ0v) is 15.8. The van der Waals surface area contributed by atoms with Gasteiger partial charge in [0.1, 0.15) is 11.3 Å². The summed E-state index contributed by atoms with van der Waals surface area (Å²) < 4.78 is 5.34. The summed E-state index contributed by atoms with van der Waals surface area (Å²) in [6.07, 6.45) is 1.30. The molecule has 0 aromatic heterocycles. The number of benzene rings is 2. The summed E-state index contributed by atoms with van der Waals surface area (Å²) in [7, 11) is 0. The van der Waals surface area contributed by atoms with Crippen molar-refractivity contribution in [1.82, 2.24) is 5.32 Å². The van der Waals surface area contributed by atoms with Gasteiger partial charge in [-0.2, -0.15) is 0 Å². The number of barbiturate groups is 1. The highest BCUT2D eigenvalue weighted by Gasteiger charge is 2.37. The number of nitro groups is 1. The Morgan fingerprint density at radius 1 is 1.17 bits per heavy atom. The minimum Gasteiger partial charge on any atom is -0.492 e. The number of halogens is 1. The van der Waals surface area contributed by atoms with Crippen molar-refractivity contribution >= 4 is 46.9 Å². The molecular weight excluding hydrogens is 402 g/mol. The molecule has 0 saturated carbocycles. The molecule has 9 nitrogen and oxygen atoms in total. The molecule has 10 heteroatoms. The van der Waals surface area contributed by atoms with Gasteiger partial charge in [-0.15, -0.1) is 0 Å². The third-order valence-electron chi connectivity index (χ3n) is 3.99. The van der Waals surface area contributed by atoms with Gasteiger partial charge in [0.05, 0.1) is 22.2 Å². The summed E-state index contributed by atoms with van der Waals surface area (Å²) in [5.41, 5.74) is 0.0499. The largest absolute Gasteiger partial charge is 0.492 e. The summed E-state index contributed by atoms with van der Waals surface area (Å²) in [6.45, 7) is 2.23. The molecule has 0 unspecified atom stereocenters. The molecule has 29 heavy (non-hydrogen) atoms. The summed E-state index contributed by atoms with van der Waals surface area (Å²) in [4.78, 5) is 48.1. The molecule has 1 heterocycles. The summed E-state index contributed by atoms with van der Waals surface area (Å²) in [5, 5.41) is 13.2. The highest BCUT2D eigenvalue weighted by Crippen LogP contribution is 2.28. The Kier molecular flexibility index (Phi) is 5.60. The number of anilines is 1. The van der Waals surface area contributed by atoms with E-state index in [0.29, 0.717) is 22.9 Å². The van der Waals surface area contributed by atoms with E-state index in [0.717, 1.165) is 17.0 Å². The lowest BCUT2D eigenvalue weighted by Crippen LogP contribution is -2.54. The van der Waals surface area contributed by atoms with E-state index < -0.39 is 22.8 Å². The maximum absolute atomic E-state index is 12.8. The molecule has 0 atom stereocenters. The van der Waals surface area contributed by atoms with Crippen LogP contribution in [0.15, 0.2) is 48.0 Å². The summed E-state index contributed by atoms with van der Waals surface area (Å²) in [5.74, 6) is -1.26. The van der Waals surface area contributed by atoms with E-state index in [4.69, 9.17) is 16.3 Å². The van der Waals surface area contributed by atoms with Crippen LogP contribution in [0.1, 0.15) is 12.5 Å². The van der Waals surface area contributed by atoms with Crippen molar-refractivity contribution in [1.29, 1.82) is 0 Å². The van der Waals surface area contributed by atoms with Crippen molar-refractivity contribution in [2.45, 2.75) is 6.92 Å². The maximum atomic E-state index is 12.8. The Hall–Kier alpha value is -3.72. The van der Waals surface area contributed by atoms with E-state index in [9.17, 15) is 24.5 Å². The number of carbonyl (C=O) groups excluding carboxylic acids is 3. The highest BCUT2D eigenvalue weighted by molar-refractivity contribution is 6.39. The van der Waals surface area contributed by atoms with Gasteiger partial charge < -0.3 is 4.74 Å². The molecule has 148 valence electrons. The molecule has 0 radical (unpaired) electrons. The Morgan fingerprint density at radius 3 is 2.45 bits per heavy atom. The summed E-state index contributed by atoms with van der Waals surface area (Å²) >= 11 is 6.13. The molecule has 0 aliphatic carbocycles. The monoisotopic (exact) mass is 415 g/mol. The number of imide groups is 2. The number of nitrogens with one attached hydrogen (secondary N) is 1. The Bertz CT molecular complexity index is 1050. The minimum absolute atomic E-state index is 0.0845. The van der Waals surface area contributed by atoms with Gasteiger partial charge in [0.25, 0.3) is 17.5 Å². The van der Waals surface area contributed by atoms with Gasteiger partial charge in [-0.1, -0.05) is 17.7 Å². The third-order valence-corrected chi connectivity index (χ3v) is 4.28. The molecule has 3 rings (SSSR count). The molecule has 0 bridgehead atoms.